The van der Waals surface area contributed by atoms with Crippen molar-refractivity contribution in [1.82, 2.24) is 0 Å². The number of nitrogens with two attached hydrogens (primary N) is 2. The maximum Gasteiger partial charge on any atom is 0.287 e. The molecule has 0 unspecified atom stereocenters. The van der Waals surface area contributed by atoms with Crippen LogP contribution in [0.1, 0.15) is 0 Å². The van der Waals surface area contributed by atoms with Gasteiger partial charge in [0.25, 0.3) is 12.0 Å². The first-order valence-electron chi connectivity index (χ1n) is 1.49. The van der Waals surface area contributed by atoms with Gasteiger partial charge in [0.05, 0.1) is 0 Å². The van der Waals surface area contributed by atoms with Crippen molar-refractivity contribution in [2.75, 3.05) is 0 Å². The fraction of sp³-hybridized carbons (Fsp3) is 0. The van der Waals surface area contributed by atoms with Crippen molar-refractivity contribution >= 4 is 12.0 Å². The Kier molecular flexibility index (Phi) is 1.65. The summed E-state index contributed by atoms with van der Waals surface area (Å²) in [6.07, 6.45) is 0. The number of nitrogens with one attached hydrogen (secondary N) is 2. The Hall–Kier alpha value is -1.26. The van der Waals surface area contributed by atoms with Gasteiger partial charge in [0.1, 0.15) is 0 Å². The Balaban J connectivity index is 3.32. The lowest BCUT2D eigenvalue weighted by Crippen LogP contribution is -2.24. The molecule has 0 aliphatic carbocycles. The predicted octanol–water partition coefficient (Wildman–Crippen LogP) is -1.21. The van der Waals surface area contributed by atoms with Crippen LogP contribution in [-0.2, 0) is 4.74 Å². The number of hydrogen-bond donors (Lipinski definition) is 4. The summed E-state index contributed by atoms with van der Waals surface area (Å²) in [5.74, 6) is 0. The quantitative estimate of drug-likeness (QED) is 0.227. The first kappa shape index (κ1) is 5.74. The summed E-state index contributed by atoms with van der Waals surface area (Å²) < 4.78 is 3.97. The SMILES string of the molecule is N=C(N)OC(=N)N. The highest BCUT2D eigenvalue weighted by atomic mass is 16.5. The number of amidine groups is 2. The van der Waals surface area contributed by atoms with Crippen LogP contribution in [0.25, 0.3) is 0 Å². The average molecular weight is 102 g/mol. The van der Waals surface area contributed by atoms with Gasteiger partial charge in [-0.25, -0.2) is 0 Å². The lowest BCUT2D eigenvalue weighted by Gasteiger charge is -1.94. The van der Waals surface area contributed by atoms with Crippen LogP contribution in [0, 0.1) is 10.8 Å². The molecule has 5 nitrogen and oxygen atoms in total. The van der Waals surface area contributed by atoms with E-state index in [1.807, 2.05) is 0 Å². The van der Waals surface area contributed by atoms with Crippen LogP contribution in [0.3, 0.4) is 0 Å². The Labute approximate surface area is 40.3 Å². The molecule has 0 aliphatic rings. The zero-order valence-corrected chi connectivity index (χ0v) is 3.56. The number of ether oxygens (including phenoxy) is 1. The van der Waals surface area contributed by atoms with Gasteiger partial charge in [-0.15, -0.1) is 0 Å². The molecule has 5 heteroatoms. The predicted molar refractivity (Wildman–Crippen MR) is 24.9 cm³/mol. The van der Waals surface area contributed by atoms with E-state index < -0.39 is 12.0 Å². The molecule has 0 aliphatic heterocycles. The Morgan fingerprint density at radius 1 is 1.14 bits per heavy atom. The van der Waals surface area contributed by atoms with E-state index in [2.05, 4.69) is 16.2 Å². The largest absolute Gasteiger partial charge is 0.393 e. The van der Waals surface area contributed by atoms with E-state index in [0.29, 0.717) is 0 Å². The maximum atomic E-state index is 6.36. The second kappa shape index (κ2) is 2.01. The van der Waals surface area contributed by atoms with Gasteiger partial charge in [0.2, 0.25) is 0 Å². The van der Waals surface area contributed by atoms with Gasteiger partial charge in [-0.3, -0.25) is 10.8 Å². The van der Waals surface area contributed by atoms with E-state index >= 15 is 0 Å². The van der Waals surface area contributed by atoms with Crippen molar-refractivity contribution in [2.45, 2.75) is 0 Å². The minimum atomic E-state index is -0.562. The molecule has 0 rings (SSSR count). The molecule has 0 aromatic carbocycles. The van der Waals surface area contributed by atoms with E-state index in [-0.39, 0.29) is 0 Å². The smallest absolute Gasteiger partial charge is 0.287 e. The van der Waals surface area contributed by atoms with Crippen LogP contribution in [0.5, 0.6) is 0 Å². The van der Waals surface area contributed by atoms with Gasteiger partial charge in [0.15, 0.2) is 0 Å². The summed E-state index contributed by atoms with van der Waals surface area (Å²) >= 11 is 0. The van der Waals surface area contributed by atoms with Crippen LogP contribution < -0.4 is 11.5 Å². The van der Waals surface area contributed by atoms with Gasteiger partial charge in [-0.05, 0) is 0 Å². The van der Waals surface area contributed by atoms with Crippen molar-refractivity contribution in [3.8, 4) is 0 Å². The molecule has 0 saturated heterocycles. The average Bonchev–Trinajstić information content (AvgIpc) is 1.27. The van der Waals surface area contributed by atoms with Gasteiger partial charge in [0, 0.05) is 0 Å². The molecule has 0 spiro atoms. The third-order valence-corrected chi connectivity index (χ3v) is 0.220. The van der Waals surface area contributed by atoms with Gasteiger partial charge in [-0.2, -0.15) is 0 Å². The Morgan fingerprint density at radius 3 is 1.43 bits per heavy atom. The minimum Gasteiger partial charge on any atom is -0.393 e. The molecule has 0 aromatic heterocycles. The highest BCUT2D eigenvalue weighted by molar-refractivity contribution is 5.83. The first-order chi connectivity index (χ1) is 3.13. The van der Waals surface area contributed by atoms with Crippen LogP contribution in [0.15, 0.2) is 0 Å². The molecule has 6 N–H and O–H groups in total. The van der Waals surface area contributed by atoms with Crippen molar-refractivity contribution in [3.05, 3.63) is 0 Å². The molecular weight excluding hydrogens is 96.0 g/mol. The highest BCUT2D eigenvalue weighted by Gasteiger charge is 1.86. The molecule has 0 amide bonds. The molecule has 40 valence electrons. The number of hydrogen-bond acceptors (Lipinski definition) is 3. The van der Waals surface area contributed by atoms with E-state index in [1.54, 1.807) is 0 Å². The fourth-order valence-electron chi connectivity index (χ4n) is 0.118. The molecule has 0 heterocycles. The summed E-state index contributed by atoms with van der Waals surface area (Å²) in [6, 6.07) is -1.12. The zero-order valence-electron chi connectivity index (χ0n) is 3.56. The van der Waals surface area contributed by atoms with Crippen molar-refractivity contribution in [2.24, 2.45) is 11.5 Å². The summed E-state index contributed by atoms with van der Waals surface area (Å²) in [5, 5.41) is 12.7. The van der Waals surface area contributed by atoms with Crippen LogP contribution >= 0.6 is 0 Å². The summed E-state index contributed by atoms with van der Waals surface area (Å²) in [7, 11) is 0. The van der Waals surface area contributed by atoms with Gasteiger partial charge in [-0.1, -0.05) is 0 Å². The second-order valence-corrected chi connectivity index (χ2v) is 0.831. The van der Waals surface area contributed by atoms with Crippen molar-refractivity contribution in [1.29, 1.82) is 10.8 Å². The van der Waals surface area contributed by atoms with Crippen molar-refractivity contribution < 1.29 is 4.74 Å². The molecule has 0 bridgehead atoms. The van der Waals surface area contributed by atoms with Crippen molar-refractivity contribution in [3.63, 3.8) is 0 Å². The van der Waals surface area contributed by atoms with Crippen LogP contribution in [0.2, 0.25) is 0 Å². The summed E-state index contributed by atoms with van der Waals surface area (Å²) in [4.78, 5) is 0. The Bertz CT molecular complexity index is 85.9. The molecule has 0 aromatic rings. The van der Waals surface area contributed by atoms with Crippen LogP contribution in [0.4, 0.5) is 0 Å². The third-order valence-electron chi connectivity index (χ3n) is 0.220. The second-order valence-electron chi connectivity index (χ2n) is 0.831. The minimum absolute atomic E-state index is 0.562. The number of rotatable bonds is 0. The molecule has 0 atom stereocenters. The molecular formula is C2H6N4O. The zero-order chi connectivity index (χ0) is 5.86. The fourth-order valence-corrected chi connectivity index (χ4v) is 0.118. The molecule has 0 saturated carbocycles. The standard InChI is InChI=1S/C2H6N4O/c3-1(4)7-2(5)6/h(H3,3,4)(H3,5,6). The molecule has 0 fully saturated rings. The van der Waals surface area contributed by atoms with E-state index in [0.717, 1.165) is 0 Å². The molecule has 7 heavy (non-hydrogen) atoms. The Morgan fingerprint density at radius 2 is 1.43 bits per heavy atom. The van der Waals surface area contributed by atoms with E-state index in [4.69, 9.17) is 10.8 Å². The normalized spacial score (nSPS) is 7.43. The van der Waals surface area contributed by atoms with E-state index in [1.165, 1.54) is 0 Å². The first-order valence-corrected chi connectivity index (χ1v) is 1.49. The third kappa shape index (κ3) is 4.74. The lowest BCUT2D eigenvalue weighted by atomic mass is 11.1. The highest BCUT2D eigenvalue weighted by Crippen LogP contribution is 1.62. The van der Waals surface area contributed by atoms with E-state index in [9.17, 15) is 0 Å². The maximum absolute atomic E-state index is 6.36. The topological polar surface area (TPSA) is 109 Å². The van der Waals surface area contributed by atoms with Crippen LogP contribution in [-0.4, -0.2) is 12.0 Å². The lowest BCUT2D eigenvalue weighted by molar-refractivity contribution is 0.517. The van der Waals surface area contributed by atoms with Gasteiger partial charge >= 0.3 is 0 Å². The molecule has 0 radical (unpaired) electrons. The monoisotopic (exact) mass is 102 g/mol. The summed E-state index contributed by atoms with van der Waals surface area (Å²) in [5.41, 5.74) is 9.27. The summed E-state index contributed by atoms with van der Waals surface area (Å²) in [6.45, 7) is 0. The van der Waals surface area contributed by atoms with Gasteiger partial charge < -0.3 is 16.2 Å².